The number of hydrogen-bond acceptors (Lipinski definition) is 3. The zero-order valence-corrected chi connectivity index (χ0v) is 22.4. The summed E-state index contributed by atoms with van der Waals surface area (Å²) in [6, 6.07) is 24.4. The SMILES string of the molecule is O=C(NC1CCCC1)[C@H](Cc1ccccc1)N(Cc1ccc(Cl)cc1Cl)C(=O)CSc1ccccc1. The standard InChI is InChI=1S/C29H30Cl2N2O2S/c30-23-16-15-22(26(31)18-23)19-33(28(34)20-36-25-13-5-2-6-14-25)27(17-21-9-3-1-4-10-21)29(35)32-24-11-7-8-12-24/h1-6,9-10,13-16,18,24,27H,7-8,11-12,17,19-20H2,(H,32,35)/t27-/m0/s1. The lowest BCUT2D eigenvalue weighted by molar-refractivity contribution is -0.139. The molecule has 0 aliphatic heterocycles. The van der Waals surface area contributed by atoms with Crippen molar-refractivity contribution >= 4 is 46.8 Å². The predicted molar refractivity (Wildman–Crippen MR) is 149 cm³/mol. The van der Waals surface area contributed by atoms with Gasteiger partial charge in [-0.1, -0.05) is 90.6 Å². The summed E-state index contributed by atoms with van der Waals surface area (Å²) in [6.07, 6.45) is 4.61. The molecular weight excluding hydrogens is 511 g/mol. The molecule has 7 heteroatoms. The molecule has 0 aromatic heterocycles. The molecule has 1 N–H and O–H groups in total. The lowest BCUT2D eigenvalue weighted by atomic mass is 10.0. The second kappa shape index (κ2) is 13.2. The van der Waals surface area contributed by atoms with Gasteiger partial charge in [0.05, 0.1) is 5.75 Å². The normalized spacial score (nSPS) is 14.4. The highest BCUT2D eigenvalue weighted by molar-refractivity contribution is 8.00. The zero-order chi connectivity index (χ0) is 25.3. The number of benzene rings is 3. The average molecular weight is 542 g/mol. The third-order valence-electron chi connectivity index (χ3n) is 6.43. The molecule has 1 aliphatic carbocycles. The van der Waals surface area contributed by atoms with Gasteiger partial charge in [0, 0.05) is 33.9 Å². The van der Waals surface area contributed by atoms with Gasteiger partial charge >= 0.3 is 0 Å². The summed E-state index contributed by atoms with van der Waals surface area (Å²) >= 11 is 14.1. The Hall–Kier alpha value is -2.47. The molecule has 0 saturated heterocycles. The van der Waals surface area contributed by atoms with Gasteiger partial charge in [-0.05, 0) is 48.2 Å². The van der Waals surface area contributed by atoms with Crippen LogP contribution in [0.5, 0.6) is 0 Å². The summed E-state index contributed by atoms with van der Waals surface area (Å²) in [5.41, 5.74) is 1.76. The van der Waals surface area contributed by atoms with E-state index in [1.54, 1.807) is 17.0 Å². The predicted octanol–water partition coefficient (Wildman–Crippen LogP) is 6.78. The van der Waals surface area contributed by atoms with Crippen molar-refractivity contribution < 1.29 is 9.59 Å². The number of carbonyl (C=O) groups excluding carboxylic acids is 2. The summed E-state index contributed by atoms with van der Waals surface area (Å²) in [4.78, 5) is 30.1. The second-order valence-electron chi connectivity index (χ2n) is 9.05. The maximum Gasteiger partial charge on any atom is 0.243 e. The van der Waals surface area contributed by atoms with E-state index in [0.717, 1.165) is 41.7 Å². The molecule has 0 unspecified atom stereocenters. The van der Waals surface area contributed by atoms with E-state index in [0.29, 0.717) is 16.5 Å². The molecule has 0 bridgehead atoms. The van der Waals surface area contributed by atoms with Crippen LogP contribution in [-0.4, -0.2) is 34.6 Å². The van der Waals surface area contributed by atoms with Crippen molar-refractivity contribution in [2.24, 2.45) is 0 Å². The molecule has 1 saturated carbocycles. The minimum atomic E-state index is -0.663. The molecule has 2 amide bonds. The third kappa shape index (κ3) is 7.52. The Morgan fingerprint density at radius 1 is 0.944 bits per heavy atom. The molecule has 0 spiro atoms. The van der Waals surface area contributed by atoms with E-state index in [9.17, 15) is 9.59 Å². The smallest absolute Gasteiger partial charge is 0.243 e. The summed E-state index contributed by atoms with van der Waals surface area (Å²) in [6.45, 7) is 0.222. The van der Waals surface area contributed by atoms with Gasteiger partial charge in [-0.15, -0.1) is 11.8 Å². The molecule has 188 valence electrons. The van der Waals surface area contributed by atoms with Crippen molar-refractivity contribution in [1.29, 1.82) is 0 Å². The Morgan fingerprint density at radius 3 is 2.28 bits per heavy atom. The molecule has 0 radical (unpaired) electrons. The highest BCUT2D eigenvalue weighted by Crippen LogP contribution is 2.26. The Morgan fingerprint density at radius 2 is 1.61 bits per heavy atom. The molecule has 36 heavy (non-hydrogen) atoms. The zero-order valence-electron chi connectivity index (χ0n) is 20.0. The van der Waals surface area contributed by atoms with Crippen LogP contribution in [0, 0.1) is 0 Å². The van der Waals surface area contributed by atoms with Crippen LogP contribution in [0.3, 0.4) is 0 Å². The highest BCUT2D eigenvalue weighted by atomic mass is 35.5. The molecule has 1 fully saturated rings. The quantitative estimate of drug-likeness (QED) is 0.288. The fraction of sp³-hybridized carbons (Fsp3) is 0.310. The van der Waals surface area contributed by atoms with Gasteiger partial charge in [-0.25, -0.2) is 0 Å². The van der Waals surface area contributed by atoms with Gasteiger partial charge in [0.2, 0.25) is 11.8 Å². The van der Waals surface area contributed by atoms with Crippen molar-refractivity contribution in [1.82, 2.24) is 10.2 Å². The van der Waals surface area contributed by atoms with Crippen LogP contribution in [0.2, 0.25) is 10.0 Å². The number of rotatable bonds is 10. The van der Waals surface area contributed by atoms with Gasteiger partial charge < -0.3 is 10.2 Å². The van der Waals surface area contributed by atoms with Crippen LogP contribution in [0.1, 0.15) is 36.8 Å². The van der Waals surface area contributed by atoms with Gasteiger partial charge in [0.15, 0.2) is 0 Å². The first-order chi connectivity index (χ1) is 17.5. The molecule has 4 rings (SSSR count). The first-order valence-electron chi connectivity index (χ1n) is 12.2. The van der Waals surface area contributed by atoms with Crippen molar-refractivity contribution in [3.05, 3.63) is 100 Å². The maximum absolute atomic E-state index is 13.7. The van der Waals surface area contributed by atoms with Crippen LogP contribution in [0.15, 0.2) is 83.8 Å². The average Bonchev–Trinajstić information content (AvgIpc) is 3.40. The Bertz CT molecular complexity index is 1150. The molecule has 0 heterocycles. The Labute approximate surface area is 227 Å². The van der Waals surface area contributed by atoms with Crippen LogP contribution >= 0.6 is 35.0 Å². The van der Waals surface area contributed by atoms with Crippen molar-refractivity contribution in [3.8, 4) is 0 Å². The van der Waals surface area contributed by atoms with Crippen molar-refractivity contribution in [3.63, 3.8) is 0 Å². The van der Waals surface area contributed by atoms with Crippen LogP contribution < -0.4 is 5.32 Å². The summed E-state index contributed by atoms with van der Waals surface area (Å²) in [5, 5.41) is 4.23. The van der Waals surface area contributed by atoms with E-state index < -0.39 is 6.04 Å². The molecule has 4 nitrogen and oxygen atoms in total. The Balaban J connectivity index is 1.63. The van der Waals surface area contributed by atoms with E-state index in [-0.39, 0.29) is 30.2 Å². The first kappa shape index (κ1) is 26.6. The molecule has 3 aromatic rings. The van der Waals surface area contributed by atoms with Crippen LogP contribution in [0.4, 0.5) is 0 Å². The fourth-order valence-electron chi connectivity index (χ4n) is 4.50. The van der Waals surface area contributed by atoms with Crippen molar-refractivity contribution in [2.75, 3.05) is 5.75 Å². The molecular formula is C29H30Cl2N2O2S. The molecule has 1 aliphatic rings. The number of thioether (sulfide) groups is 1. The lowest BCUT2D eigenvalue weighted by Crippen LogP contribution is -2.52. The number of carbonyl (C=O) groups is 2. The summed E-state index contributed by atoms with van der Waals surface area (Å²) < 4.78 is 0. The largest absolute Gasteiger partial charge is 0.352 e. The summed E-state index contributed by atoms with van der Waals surface area (Å²) in [5.74, 6) is -0.0108. The number of halogens is 2. The van der Waals surface area contributed by atoms with E-state index in [4.69, 9.17) is 23.2 Å². The topological polar surface area (TPSA) is 49.4 Å². The van der Waals surface area contributed by atoms with Crippen molar-refractivity contribution in [2.45, 2.75) is 55.6 Å². The molecule has 3 aromatic carbocycles. The van der Waals surface area contributed by atoms with Gasteiger partial charge in [-0.3, -0.25) is 9.59 Å². The van der Waals surface area contributed by atoms with E-state index in [1.165, 1.54) is 11.8 Å². The minimum absolute atomic E-state index is 0.114. The van der Waals surface area contributed by atoms with E-state index in [2.05, 4.69) is 5.32 Å². The van der Waals surface area contributed by atoms with E-state index >= 15 is 0 Å². The minimum Gasteiger partial charge on any atom is -0.352 e. The number of nitrogens with zero attached hydrogens (tertiary/aromatic N) is 1. The van der Waals surface area contributed by atoms with Gasteiger partial charge in [0.1, 0.15) is 6.04 Å². The number of hydrogen-bond donors (Lipinski definition) is 1. The maximum atomic E-state index is 13.7. The van der Waals surface area contributed by atoms with E-state index in [1.807, 2.05) is 66.7 Å². The second-order valence-corrected chi connectivity index (χ2v) is 10.9. The third-order valence-corrected chi connectivity index (χ3v) is 8.02. The highest BCUT2D eigenvalue weighted by Gasteiger charge is 2.32. The molecule has 1 atom stereocenters. The van der Waals surface area contributed by atoms with Gasteiger partial charge in [-0.2, -0.15) is 0 Å². The fourth-order valence-corrected chi connectivity index (χ4v) is 5.77. The summed E-state index contributed by atoms with van der Waals surface area (Å²) in [7, 11) is 0. The number of nitrogens with one attached hydrogen (secondary N) is 1. The monoisotopic (exact) mass is 540 g/mol. The van der Waals surface area contributed by atoms with Gasteiger partial charge in [0.25, 0.3) is 0 Å². The van der Waals surface area contributed by atoms with Crippen LogP contribution in [-0.2, 0) is 22.6 Å². The Kier molecular flexibility index (Phi) is 9.74. The first-order valence-corrected chi connectivity index (χ1v) is 14.0. The van der Waals surface area contributed by atoms with Crippen LogP contribution in [0.25, 0.3) is 0 Å². The lowest BCUT2D eigenvalue weighted by Gasteiger charge is -2.32. The number of amides is 2.